The molecule has 0 unspecified atom stereocenters. The molecule has 4 aromatic rings. The normalized spacial score (nSPS) is 10.9. The Hall–Kier alpha value is -2.63. The molecular formula is C22H17NO2S2. The number of para-hydroxylation sites is 2. The number of Topliss-reactive ketones (excluding diaryl/α,β-unsaturated/α-hetero) is 1. The van der Waals surface area contributed by atoms with Gasteiger partial charge in [-0.3, -0.25) is 4.79 Å². The summed E-state index contributed by atoms with van der Waals surface area (Å²) in [5.74, 6) is 0.671. The molecule has 4 rings (SSSR count). The van der Waals surface area contributed by atoms with Crippen LogP contribution in [0.25, 0.3) is 10.2 Å². The third kappa shape index (κ3) is 4.04. The number of thiazole rings is 1. The van der Waals surface area contributed by atoms with Gasteiger partial charge in [0.25, 0.3) is 0 Å². The molecule has 1 heterocycles. The molecule has 0 fully saturated rings. The third-order valence-electron chi connectivity index (χ3n) is 4.17. The Bertz CT molecular complexity index is 1050. The van der Waals surface area contributed by atoms with Crippen LogP contribution in [0.5, 0.6) is 5.75 Å². The Morgan fingerprint density at radius 3 is 2.52 bits per heavy atom. The minimum Gasteiger partial charge on any atom is -0.496 e. The van der Waals surface area contributed by atoms with Crippen molar-refractivity contribution >= 4 is 39.1 Å². The van der Waals surface area contributed by atoms with E-state index in [1.165, 1.54) is 4.70 Å². The average molecular weight is 392 g/mol. The summed E-state index contributed by atoms with van der Waals surface area (Å²) in [5, 5.41) is 0. The second kappa shape index (κ2) is 7.94. The van der Waals surface area contributed by atoms with E-state index in [1.54, 1.807) is 36.3 Å². The molecule has 0 amide bonds. The quantitative estimate of drug-likeness (QED) is 0.385. The summed E-state index contributed by atoms with van der Waals surface area (Å²) in [6.45, 7) is 0. The fourth-order valence-electron chi connectivity index (χ4n) is 2.83. The number of hydrogen-bond acceptors (Lipinski definition) is 5. The molecule has 0 spiro atoms. The molecule has 0 bridgehead atoms. The summed E-state index contributed by atoms with van der Waals surface area (Å²) in [6, 6.07) is 23.6. The van der Waals surface area contributed by atoms with Gasteiger partial charge >= 0.3 is 0 Å². The summed E-state index contributed by atoms with van der Waals surface area (Å²) in [5.41, 5.74) is 2.64. The van der Waals surface area contributed by atoms with Gasteiger partial charge in [0.2, 0.25) is 0 Å². The van der Waals surface area contributed by atoms with E-state index in [9.17, 15) is 4.79 Å². The molecule has 3 nitrogen and oxygen atoms in total. The zero-order valence-corrected chi connectivity index (χ0v) is 16.3. The van der Waals surface area contributed by atoms with Crippen LogP contribution in [0.4, 0.5) is 0 Å². The average Bonchev–Trinajstić information content (AvgIpc) is 3.11. The lowest BCUT2D eigenvalue weighted by atomic mass is 10.0. The maximum atomic E-state index is 12.6. The fourth-order valence-corrected chi connectivity index (χ4v) is 4.87. The summed E-state index contributed by atoms with van der Waals surface area (Å²) in [4.78, 5) is 18.3. The van der Waals surface area contributed by atoms with Crippen LogP contribution >= 0.6 is 23.1 Å². The number of ketones is 1. The van der Waals surface area contributed by atoms with Gasteiger partial charge in [0.1, 0.15) is 5.75 Å². The maximum absolute atomic E-state index is 12.6. The molecule has 1 aromatic heterocycles. The monoisotopic (exact) mass is 391 g/mol. The maximum Gasteiger partial charge on any atom is 0.170 e. The Morgan fingerprint density at radius 2 is 1.74 bits per heavy atom. The second-order valence-corrected chi connectivity index (χ2v) is 8.35. The molecule has 27 heavy (non-hydrogen) atoms. The highest BCUT2D eigenvalue weighted by atomic mass is 32.2. The van der Waals surface area contributed by atoms with Gasteiger partial charge in [-0.1, -0.05) is 48.2 Å². The highest BCUT2D eigenvalue weighted by molar-refractivity contribution is 8.01. The van der Waals surface area contributed by atoms with E-state index in [-0.39, 0.29) is 5.78 Å². The van der Waals surface area contributed by atoms with Crippen molar-refractivity contribution in [1.29, 1.82) is 0 Å². The first-order valence-corrected chi connectivity index (χ1v) is 10.1. The lowest BCUT2D eigenvalue weighted by Crippen LogP contribution is -2.05. The Morgan fingerprint density at radius 1 is 1.00 bits per heavy atom. The SMILES string of the molecule is COc1ccccc1C(=O)Cc1ccc(Sc2nc3ccccc3s2)cc1. The van der Waals surface area contributed by atoms with Crippen molar-refractivity contribution in [3.63, 3.8) is 0 Å². The van der Waals surface area contributed by atoms with Crippen molar-refractivity contribution in [3.8, 4) is 5.75 Å². The number of benzene rings is 3. The Kier molecular flexibility index (Phi) is 5.23. The minimum absolute atomic E-state index is 0.0547. The first-order valence-electron chi connectivity index (χ1n) is 8.51. The zero-order chi connectivity index (χ0) is 18.6. The number of ether oxygens (including phenoxy) is 1. The number of hydrogen-bond donors (Lipinski definition) is 0. The van der Waals surface area contributed by atoms with E-state index in [0.29, 0.717) is 17.7 Å². The van der Waals surface area contributed by atoms with Gasteiger partial charge in [0.15, 0.2) is 10.1 Å². The van der Waals surface area contributed by atoms with Crippen molar-refractivity contribution in [1.82, 2.24) is 4.98 Å². The predicted molar refractivity (Wildman–Crippen MR) is 111 cm³/mol. The molecular weight excluding hydrogens is 374 g/mol. The number of carbonyl (C=O) groups excluding carboxylic acids is 1. The Labute approximate surface area is 166 Å². The van der Waals surface area contributed by atoms with Crippen LogP contribution in [-0.2, 0) is 6.42 Å². The number of aromatic nitrogens is 1. The van der Waals surface area contributed by atoms with Crippen molar-refractivity contribution in [2.24, 2.45) is 0 Å². The van der Waals surface area contributed by atoms with Crippen molar-refractivity contribution in [3.05, 3.63) is 83.9 Å². The van der Waals surface area contributed by atoms with Crippen LogP contribution in [0.1, 0.15) is 15.9 Å². The van der Waals surface area contributed by atoms with Crippen molar-refractivity contribution in [2.75, 3.05) is 7.11 Å². The lowest BCUT2D eigenvalue weighted by molar-refractivity contribution is 0.0990. The third-order valence-corrected chi connectivity index (χ3v) is 6.28. The summed E-state index contributed by atoms with van der Waals surface area (Å²) < 4.78 is 7.50. The van der Waals surface area contributed by atoms with Crippen LogP contribution in [0, 0.1) is 0 Å². The van der Waals surface area contributed by atoms with E-state index in [1.807, 2.05) is 60.7 Å². The molecule has 0 aliphatic carbocycles. The first-order chi connectivity index (χ1) is 13.2. The van der Waals surface area contributed by atoms with Gasteiger partial charge in [-0.05, 0) is 42.0 Å². The van der Waals surface area contributed by atoms with Crippen LogP contribution in [0.3, 0.4) is 0 Å². The summed E-state index contributed by atoms with van der Waals surface area (Å²) >= 11 is 3.34. The van der Waals surface area contributed by atoms with Crippen LogP contribution in [0.15, 0.2) is 82.0 Å². The van der Waals surface area contributed by atoms with Crippen molar-refractivity contribution in [2.45, 2.75) is 15.7 Å². The topological polar surface area (TPSA) is 39.2 Å². The number of methoxy groups -OCH3 is 1. The predicted octanol–water partition coefficient (Wildman–Crippen LogP) is 5.88. The molecule has 5 heteroatoms. The van der Waals surface area contributed by atoms with E-state index in [0.717, 1.165) is 20.3 Å². The van der Waals surface area contributed by atoms with Crippen LogP contribution in [-0.4, -0.2) is 17.9 Å². The number of nitrogens with zero attached hydrogens (tertiary/aromatic N) is 1. The van der Waals surface area contributed by atoms with E-state index >= 15 is 0 Å². The first kappa shape index (κ1) is 17.8. The van der Waals surface area contributed by atoms with Crippen LogP contribution < -0.4 is 4.74 Å². The highest BCUT2D eigenvalue weighted by Crippen LogP contribution is 2.34. The minimum atomic E-state index is 0.0547. The molecule has 0 aliphatic rings. The van der Waals surface area contributed by atoms with E-state index in [2.05, 4.69) is 11.1 Å². The molecule has 0 aliphatic heterocycles. The fraction of sp³-hybridized carbons (Fsp3) is 0.0909. The van der Waals surface area contributed by atoms with Crippen LogP contribution in [0.2, 0.25) is 0 Å². The van der Waals surface area contributed by atoms with Gasteiger partial charge in [-0.15, -0.1) is 11.3 Å². The summed E-state index contributed by atoms with van der Waals surface area (Å²) in [7, 11) is 1.58. The lowest BCUT2D eigenvalue weighted by Gasteiger charge is -2.07. The summed E-state index contributed by atoms with van der Waals surface area (Å²) in [6.07, 6.45) is 0.354. The van der Waals surface area contributed by atoms with E-state index < -0.39 is 0 Å². The number of carbonyl (C=O) groups is 1. The molecule has 0 N–H and O–H groups in total. The zero-order valence-electron chi connectivity index (χ0n) is 14.7. The van der Waals surface area contributed by atoms with Gasteiger partial charge in [0, 0.05) is 11.3 Å². The van der Waals surface area contributed by atoms with Crippen molar-refractivity contribution < 1.29 is 9.53 Å². The largest absolute Gasteiger partial charge is 0.496 e. The Balaban J connectivity index is 1.46. The number of fused-ring (bicyclic) bond motifs is 1. The van der Waals surface area contributed by atoms with Gasteiger partial charge in [-0.25, -0.2) is 4.98 Å². The molecule has 0 radical (unpaired) electrons. The molecule has 0 atom stereocenters. The molecule has 3 aromatic carbocycles. The standard InChI is InChI=1S/C22H17NO2S2/c1-25-20-8-4-2-6-17(20)19(24)14-15-10-12-16(13-11-15)26-22-23-18-7-3-5-9-21(18)27-22/h2-13H,14H2,1H3. The van der Waals surface area contributed by atoms with Gasteiger partial charge < -0.3 is 4.74 Å². The van der Waals surface area contributed by atoms with Gasteiger partial charge in [0.05, 0.1) is 22.9 Å². The second-order valence-electron chi connectivity index (χ2n) is 5.99. The van der Waals surface area contributed by atoms with Gasteiger partial charge in [-0.2, -0.15) is 0 Å². The number of rotatable bonds is 6. The molecule has 134 valence electrons. The molecule has 0 saturated carbocycles. The molecule has 0 saturated heterocycles. The smallest absolute Gasteiger partial charge is 0.170 e. The highest BCUT2D eigenvalue weighted by Gasteiger charge is 2.12. The van der Waals surface area contributed by atoms with E-state index in [4.69, 9.17) is 4.74 Å².